The van der Waals surface area contributed by atoms with Gasteiger partial charge in [0, 0.05) is 24.4 Å². The second kappa shape index (κ2) is 7.42. The van der Waals surface area contributed by atoms with E-state index in [1.54, 1.807) is 0 Å². The van der Waals surface area contributed by atoms with Crippen molar-refractivity contribution >= 4 is 38.3 Å². The van der Waals surface area contributed by atoms with E-state index in [1.807, 2.05) is 6.92 Å². The topological polar surface area (TPSA) is 17.1 Å². The molecule has 2 rings (SSSR count). The van der Waals surface area contributed by atoms with E-state index in [-0.39, 0.29) is 33.0 Å². The molecule has 0 amide bonds. The number of carbonyl (C=O) groups is 1. The van der Waals surface area contributed by atoms with Gasteiger partial charge >= 0.3 is 0 Å². The maximum Gasteiger partial charge on any atom is 0.186 e. The van der Waals surface area contributed by atoms with Crippen molar-refractivity contribution in [2.24, 2.45) is 0 Å². The van der Waals surface area contributed by atoms with E-state index >= 15 is 0 Å². The molecule has 0 N–H and O–H groups in total. The monoisotopic (exact) mass is 291 g/mol. The normalized spacial score (nSPS) is 10.7. The first-order valence-corrected chi connectivity index (χ1v) is 7.85. The summed E-state index contributed by atoms with van der Waals surface area (Å²) in [6.07, 6.45) is 0. The third-order valence-electron chi connectivity index (χ3n) is 3.89. The summed E-state index contributed by atoms with van der Waals surface area (Å²) in [4.78, 5) is 12.6. The van der Waals surface area contributed by atoms with E-state index in [1.165, 1.54) is 16.7 Å². The molecule has 2 aromatic carbocycles. The zero-order valence-corrected chi connectivity index (χ0v) is 14.8. The second-order valence-corrected chi connectivity index (χ2v) is 6.74. The summed E-state index contributed by atoms with van der Waals surface area (Å²) in [7, 11) is 0.199. The van der Waals surface area contributed by atoms with Gasteiger partial charge in [-0.2, -0.15) is 0 Å². The Morgan fingerprint density at radius 2 is 1.43 bits per heavy atom. The fourth-order valence-corrected chi connectivity index (χ4v) is 3.57. The molecule has 21 heavy (non-hydrogen) atoms. The molecule has 0 fully saturated rings. The number of hydrogen-bond acceptors (Lipinski definition) is 1. The summed E-state index contributed by atoms with van der Waals surface area (Å²) >= 11 is 0. The molecule has 0 aliphatic rings. The van der Waals surface area contributed by atoms with E-state index in [0.29, 0.717) is 0 Å². The molecular formula is C18H21LiOP. The molecule has 0 heterocycles. The summed E-state index contributed by atoms with van der Waals surface area (Å²) in [5, 5.41) is 1.11. The number of hydrogen-bond donors (Lipinski definition) is 0. The Labute approximate surface area is 141 Å². The van der Waals surface area contributed by atoms with Gasteiger partial charge in [-0.15, -0.1) is 0 Å². The van der Waals surface area contributed by atoms with E-state index < -0.39 is 0 Å². The van der Waals surface area contributed by atoms with Crippen molar-refractivity contribution in [3.8, 4) is 0 Å². The molecule has 2 aromatic rings. The van der Waals surface area contributed by atoms with Crippen molar-refractivity contribution in [3.63, 3.8) is 0 Å². The molecule has 1 radical (unpaired) electrons. The molecule has 0 aliphatic heterocycles. The molecule has 3 heteroatoms. The maximum atomic E-state index is 12.6. The Morgan fingerprint density at radius 1 is 0.857 bits per heavy atom. The van der Waals surface area contributed by atoms with Gasteiger partial charge in [0.1, 0.15) is 0 Å². The van der Waals surface area contributed by atoms with E-state index in [9.17, 15) is 4.79 Å². The van der Waals surface area contributed by atoms with Crippen LogP contribution in [0.1, 0.15) is 38.2 Å². The largest absolute Gasteiger partial charge is 0.289 e. The summed E-state index contributed by atoms with van der Waals surface area (Å²) in [5.74, 6) is 0. The van der Waals surface area contributed by atoms with Gasteiger partial charge in [0.05, 0.1) is 0 Å². The van der Waals surface area contributed by atoms with E-state index in [0.717, 1.165) is 22.0 Å². The minimum absolute atomic E-state index is 0. The third kappa shape index (κ3) is 4.08. The summed E-state index contributed by atoms with van der Waals surface area (Å²) in [5.41, 5.74) is 7.09. The van der Waals surface area contributed by atoms with Crippen LogP contribution in [0.4, 0.5) is 0 Å². The molecule has 0 aromatic heterocycles. The zero-order valence-electron chi connectivity index (χ0n) is 13.8. The van der Waals surface area contributed by atoms with Crippen LogP contribution < -0.4 is 5.30 Å². The molecule has 1 unspecified atom stereocenters. The maximum absolute atomic E-state index is 12.6. The van der Waals surface area contributed by atoms with Crippen molar-refractivity contribution < 1.29 is 4.79 Å². The van der Waals surface area contributed by atoms with Crippen LogP contribution in [-0.2, 0) is 0 Å². The van der Waals surface area contributed by atoms with Crippen molar-refractivity contribution in [1.29, 1.82) is 0 Å². The molecule has 0 bridgehead atoms. The number of aryl methyl sites for hydroxylation is 3. The molecule has 0 saturated heterocycles. The van der Waals surface area contributed by atoms with Gasteiger partial charge in [0.25, 0.3) is 0 Å². The smallest absolute Gasteiger partial charge is 0.186 e. The first-order chi connectivity index (χ1) is 9.40. The van der Waals surface area contributed by atoms with Crippen molar-refractivity contribution in [2.75, 3.05) is 0 Å². The van der Waals surface area contributed by atoms with Gasteiger partial charge in [-0.3, -0.25) is 4.79 Å². The Balaban J connectivity index is 0.00000220. The van der Waals surface area contributed by atoms with Gasteiger partial charge in [-0.1, -0.05) is 35.9 Å². The molecule has 1 atom stereocenters. The number of rotatable bonds is 3. The van der Waals surface area contributed by atoms with Crippen LogP contribution in [0.3, 0.4) is 0 Å². The van der Waals surface area contributed by atoms with Crippen LogP contribution in [0, 0.1) is 34.6 Å². The average Bonchev–Trinajstić information content (AvgIpc) is 2.39. The Bertz CT molecular complexity index is 660. The predicted octanol–water partition coefficient (Wildman–Crippen LogP) is 3.99. The van der Waals surface area contributed by atoms with Crippen LogP contribution >= 0.6 is 8.58 Å². The first kappa shape index (κ1) is 18.2. The third-order valence-corrected chi connectivity index (χ3v) is 4.99. The van der Waals surface area contributed by atoms with Crippen molar-refractivity contribution in [2.45, 2.75) is 34.6 Å². The molecule has 0 spiro atoms. The Kier molecular flexibility index (Phi) is 6.42. The van der Waals surface area contributed by atoms with Crippen LogP contribution in [0.25, 0.3) is 0 Å². The van der Waals surface area contributed by atoms with Gasteiger partial charge < -0.3 is 0 Å². The fraction of sp³-hybridized carbons (Fsp3) is 0.278. The standard InChI is InChI=1S/C18H21OP.Li/c1-11-6-8-16(9-7-11)20-18(19)17-13(3)10-12(2)14(4)15(17)5;/h6-10,20H,1-5H3;. The zero-order chi connectivity index (χ0) is 14.9. The molecule has 1 nitrogen and oxygen atoms in total. The van der Waals surface area contributed by atoms with Gasteiger partial charge in [-0.25, -0.2) is 0 Å². The number of benzene rings is 2. The minimum Gasteiger partial charge on any atom is -0.289 e. The fourth-order valence-electron chi connectivity index (χ4n) is 2.46. The van der Waals surface area contributed by atoms with Crippen molar-refractivity contribution in [3.05, 3.63) is 63.7 Å². The van der Waals surface area contributed by atoms with Gasteiger partial charge in [0.2, 0.25) is 0 Å². The van der Waals surface area contributed by atoms with Gasteiger partial charge in [0.15, 0.2) is 5.52 Å². The first-order valence-electron chi connectivity index (χ1n) is 6.85. The predicted molar refractivity (Wildman–Crippen MR) is 94.6 cm³/mol. The van der Waals surface area contributed by atoms with Crippen LogP contribution in [0.5, 0.6) is 0 Å². The second-order valence-electron chi connectivity index (χ2n) is 5.46. The summed E-state index contributed by atoms with van der Waals surface area (Å²) < 4.78 is 0. The SMILES string of the molecule is Cc1ccc(PC(=O)c2c(C)cc(C)c(C)c2C)cc1.[Li]. The van der Waals surface area contributed by atoms with Crippen LogP contribution in [0.2, 0.25) is 0 Å². The van der Waals surface area contributed by atoms with Crippen molar-refractivity contribution in [1.82, 2.24) is 0 Å². The van der Waals surface area contributed by atoms with E-state index in [4.69, 9.17) is 0 Å². The summed E-state index contributed by atoms with van der Waals surface area (Å²) in [6, 6.07) is 10.4. The molecule has 105 valence electrons. The van der Waals surface area contributed by atoms with Gasteiger partial charge in [-0.05, 0) is 70.8 Å². The summed E-state index contributed by atoms with van der Waals surface area (Å²) in [6.45, 7) is 10.3. The molecular weight excluding hydrogens is 270 g/mol. The molecule has 0 saturated carbocycles. The Hall–Kier alpha value is -0.863. The average molecular weight is 291 g/mol. The van der Waals surface area contributed by atoms with Crippen LogP contribution in [0.15, 0.2) is 30.3 Å². The Morgan fingerprint density at radius 3 is 2.00 bits per heavy atom. The molecule has 0 aliphatic carbocycles. The van der Waals surface area contributed by atoms with Crippen LogP contribution in [-0.4, -0.2) is 24.4 Å². The minimum atomic E-state index is 0. The van der Waals surface area contributed by atoms with E-state index in [2.05, 4.69) is 58.0 Å². The quantitative estimate of drug-likeness (QED) is 0.617. The number of carbonyl (C=O) groups excluding carboxylic acids is 1.